The summed E-state index contributed by atoms with van der Waals surface area (Å²) < 4.78 is 11.5. The van der Waals surface area contributed by atoms with Gasteiger partial charge >= 0.3 is 0 Å². The molecule has 0 atom stereocenters. The number of hydrogen-bond donors (Lipinski definition) is 1. The molecule has 5 nitrogen and oxygen atoms in total. The number of hydrogen-bond acceptors (Lipinski definition) is 5. The summed E-state index contributed by atoms with van der Waals surface area (Å²) >= 11 is 1.67. The van der Waals surface area contributed by atoms with E-state index in [4.69, 9.17) is 14.5 Å². The van der Waals surface area contributed by atoms with E-state index in [1.807, 2.05) is 86.8 Å². The van der Waals surface area contributed by atoms with Crippen LogP contribution in [0, 0.1) is 13.8 Å². The van der Waals surface area contributed by atoms with Crippen LogP contribution in [0.1, 0.15) is 22.5 Å². The van der Waals surface area contributed by atoms with Crippen molar-refractivity contribution in [2.24, 2.45) is 4.99 Å². The first-order valence-electron chi connectivity index (χ1n) is 10.3. The Hall–Kier alpha value is -3.51. The molecular formula is C26H25N3O2S. The Morgan fingerprint density at radius 1 is 0.969 bits per heavy atom. The fraction of sp³-hybridized carbons (Fsp3) is 0.154. The maximum Gasteiger partial charge on any atom is 0.161 e. The van der Waals surface area contributed by atoms with Crippen molar-refractivity contribution in [3.63, 3.8) is 0 Å². The molecule has 0 unspecified atom stereocenters. The van der Waals surface area contributed by atoms with Crippen molar-refractivity contribution in [2.45, 2.75) is 30.2 Å². The number of methoxy groups -OCH3 is 1. The number of ether oxygens (including phenoxy) is 2. The number of benzene rings is 3. The molecule has 0 amide bonds. The minimum atomic E-state index is 0.488. The van der Waals surface area contributed by atoms with Crippen LogP contribution in [0.2, 0.25) is 0 Å². The van der Waals surface area contributed by atoms with E-state index in [1.54, 1.807) is 18.9 Å². The lowest BCUT2D eigenvalue weighted by atomic mass is 10.2. The van der Waals surface area contributed by atoms with Crippen LogP contribution >= 0.6 is 11.8 Å². The minimum Gasteiger partial charge on any atom is -0.493 e. The molecule has 1 N–H and O–H groups in total. The van der Waals surface area contributed by atoms with E-state index >= 15 is 0 Å². The van der Waals surface area contributed by atoms with Gasteiger partial charge in [-0.2, -0.15) is 5.10 Å². The van der Waals surface area contributed by atoms with E-state index in [2.05, 4.69) is 16.3 Å². The first kappa shape index (κ1) is 21.7. The predicted molar refractivity (Wildman–Crippen MR) is 130 cm³/mol. The zero-order valence-electron chi connectivity index (χ0n) is 18.3. The Balaban J connectivity index is 1.51. The fourth-order valence-electron chi connectivity index (χ4n) is 3.21. The molecule has 0 aliphatic carbocycles. The van der Waals surface area contributed by atoms with Crippen LogP contribution in [-0.4, -0.2) is 23.5 Å². The molecule has 0 aliphatic rings. The number of aromatic nitrogens is 2. The second-order valence-electron chi connectivity index (χ2n) is 7.28. The van der Waals surface area contributed by atoms with Gasteiger partial charge in [0.1, 0.15) is 6.61 Å². The molecule has 32 heavy (non-hydrogen) atoms. The zero-order valence-corrected chi connectivity index (χ0v) is 19.1. The van der Waals surface area contributed by atoms with Crippen molar-refractivity contribution in [1.82, 2.24) is 10.2 Å². The molecule has 6 heteroatoms. The Morgan fingerprint density at radius 2 is 1.75 bits per heavy atom. The first-order chi connectivity index (χ1) is 15.6. The Labute approximate surface area is 192 Å². The van der Waals surface area contributed by atoms with Gasteiger partial charge in [-0.25, -0.2) is 0 Å². The number of aryl methyl sites for hydroxylation is 2. The van der Waals surface area contributed by atoms with Crippen LogP contribution in [0.15, 0.2) is 87.6 Å². The van der Waals surface area contributed by atoms with E-state index in [1.165, 1.54) is 0 Å². The van der Waals surface area contributed by atoms with Gasteiger partial charge in [0, 0.05) is 16.8 Å². The van der Waals surface area contributed by atoms with E-state index < -0.39 is 0 Å². The largest absolute Gasteiger partial charge is 0.493 e. The van der Waals surface area contributed by atoms with E-state index in [0.29, 0.717) is 18.1 Å². The summed E-state index contributed by atoms with van der Waals surface area (Å²) in [7, 11) is 1.65. The summed E-state index contributed by atoms with van der Waals surface area (Å²) in [5.41, 5.74) is 4.99. The number of nitrogens with zero attached hydrogens (tertiary/aromatic N) is 2. The maximum absolute atomic E-state index is 5.95. The van der Waals surface area contributed by atoms with Gasteiger partial charge in [-0.05, 0) is 55.3 Å². The second kappa shape index (κ2) is 10.2. The monoisotopic (exact) mass is 443 g/mol. The van der Waals surface area contributed by atoms with Gasteiger partial charge < -0.3 is 9.47 Å². The van der Waals surface area contributed by atoms with Crippen molar-refractivity contribution < 1.29 is 9.47 Å². The Bertz CT molecular complexity index is 1200. The minimum absolute atomic E-state index is 0.488. The third kappa shape index (κ3) is 5.21. The van der Waals surface area contributed by atoms with Crippen LogP contribution < -0.4 is 9.47 Å². The summed E-state index contributed by atoms with van der Waals surface area (Å²) in [5, 5.41) is 7.33. The van der Waals surface area contributed by atoms with Gasteiger partial charge in [0.15, 0.2) is 11.5 Å². The molecule has 0 aliphatic heterocycles. The van der Waals surface area contributed by atoms with Crippen LogP contribution in [0.25, 0.3) is 0 Å². The van der Waals surface area contributed by atoms with Gasteiger partial charge in [0.25, 0.3) is 0 Å². The third-order valence-corrected chi connectivity index (χ3v) is 6.29. The van der Waals surface area contributed by atoms with Crippen molar-refractivity contribution in [2.75, 3.05) is 7.11 Å². The van der Waals surface area contributed by atoms with Crippen LogP contribution in [-0.2, 0) is 6.61 Å². The standard InChI is InChI=1S/C26H25N3O2S/c1-18-26(19(2)29-28-18)32-25-12-8-7-11-22(25)27-16-21-13-14-23(24(15-21)30-3)31-17-20-9-5-4-6-10-20/h4-16H,17H2,1-3H3,(H,28,29). The lowest BCUT2D eigenvalue weighted by Gasteiger charge is -2.11. The lowest BCUT2D eigenvalue weighted by molar-refractivity contribution is 0.284. The van der Waals surface area contributed by atoms with E-state index in [9.17, 15) is 0 Å². The first-order valence-corrected chi connectivity index (χ1v) is 11.1. The molecule has 162 valence electrons. The van der Waals surface area contributed by atoms with E-state index in [0.717, 1.165) is 38.0 Å². The highest BCUT2D eigenvalue weighted by molar-refractivity contribution is 7.99. The summed E-state index contributed by atoms with van der Waals surface area (Å²) in [6.07, 6.45) is 1.85. The Morgan fingerprint density at radius 3 is 2.50 bits per heavy atom. The van der Waals surface area contributed by atoms with Crippen molar-refractivity contribution >= 4 is 23.7 Å². The zero-order chi connectivity index (χ0) is 22.3. The number of rotatable bonds is 8. The SMILES string of the molecule is COc1cc(C=Nc2ccccc2Sc2c(C)n[nH]c2C)ccc1OCc1ccccc1. The number of aliphatic imine (C=N–C) groups is 1. The summed E-state index contributed by atoms with van der Waals surface area (Å²) in [4.78, 5) is 6.95. The van der Waals surface area contributed by atoms with Gasteiger partial charge in [0.2, 0.25) is 0 Å². The molecule has 1 heterocycles. The van der Waals surface area contributed by atoms with Crippen molar-refractivity contribution in [1.29, 1.82) is 0 Å². The summed E-state index contributed by atoms with van der Waals surface area (Å²) in [6.45, 7) is 4.52. The van der Waals surface area contributed by atoms with Gasteiger partial charge in [-0.1, -0.05) is 54.2 Å². The van der Waals surface area contributed by atoms with Crippen molar-refractivity contribution in [3.8, 4) is 11.5 Å². The molecule has 1 aromatic heterocycles. The van der Waals surface area contributed by atoms with Crippen molar-refractivity contribution in [3.05, 3.63) is 95.3 Å². The summed E-state index contributed by atoms with van der Waals surface area (Å²) in [6, 6.07) is 24.0. The quantitative estimate of drug-likeness (QED) is 0.315. The highest BCUT2D eigenvalue weighted by Crippen LogP contribution is 2.37. The molecule has 0 radical (unpaired) electrons. The normalized spacial score (nSPS) is 11.1. The molecule has 0 bridgehead atoms. The molecule has 0 spiro atoms. The molecular weight excluding hydrogens is 418 g/mol. The van der Waals surface area contributed by atoms with Gasteiger partial charge in [-0.3, -0.25) is 10.1 Å². The topological polar surface area (TPSA) is 59.5 Å². The molecule has 0 fully saturated rings. The van der Waals surface area contributed by atoms with Crippen LogP contribution in [0.4, 0.5) is 5.69 Å². The fourth-order valence-corrected chi connectivity index (χ4v) is 4.20. The smallest absolute Gasteiger partial charge is 0.161 e. The third-order valence-electron chi connectivity index (χ3n) is 4.92. The Kier molecular flexibility index (Phi) is 6.92. The molecule has 4 rings (SSSR count). The average molecular weight is 444 g/mol. The lowest BCUT2D eigenvalue weighted by Crippen LogP contribution is -1.98. The van der Waals surface area contributed by atoms with Crippen LogP contribution in [0.5, 0.6) is 11.5 Å². The van der Waals surface area contributed by atoms with Gasteiger partial charge in [0.05, 0.1) is 23.4 Å². The number of para-hydroxylation sites is 1. The van der Waals surface area contributed by atoms with Gasteiger partial charge in [-0.15, -0.1) is 0 Å². The summed E-state index contributed by atoms with van der Waals surface area (Å²) in [5.74, 6) is 1.38. The number of aromatic amines is 1. The van der Waals surface area contributed by atoms with E-state index in [-0.39, 0.29) is 0 Å². The average Bonchev–Trinajstić information content (AvgIpc) is 3.15. The second-order valence-corrected chi connectivity index (χ2v) is 8.33. The molecule has 4 aromatic rings. The number of H-pyrrole nitrogens is 1. The highest BCUT2D eigenvalue weighted by Gasteiger charge is 2.11. The number of nitrogens with one attached hydrogen (secondary N) is 1. The molecule has 3 aromatic carbocycles. The predicted octanol–water partition coefficient (Wildman–Crippen LogP) is 6.52. The molecule has 0 saturated heterocycles. The van der Waals surface area contributed by atoms with Crippen LogP contribution in [0.3, 0.4) is 0 Å². The maximum atomic E-state index is 5.95. The molecule has 0 saturated carbocycles. The highest BCUT2D eigenvalue weighted by atomic mass is 32.2.